The maximum atomic E-state index is 6.53. The molecule has 5 nitrogen and oxygen atoms in total. The summed E-state index contributed by atoms with van der Waals surface area (Å²) in [4.78, 5) is 15.1. The molecule has 3 aromatic heterocycles. The van der Waals surface area contributed by atoms with E-state index in [9.17, 15) is 0 Å². The van der Waals surface area contributed by atoms with E-state index in [1.165, 1.54) is 10.9 Å². The van der Waals surface area contributed by atoms with Gasteiger partial charge in [0.2, 0.25) is 0 Å². The van der Waals surface area contributed by atoms with Crippen LogP contribution in [0.25, 0.3) is 94.7 Å². The van der Waals surface area contributed by atoms with Crippen LogP contribution in [0.4, 0.5) is 0 Å². The normalized spacial score (nSPS) is 11.6. The fourth-order valence-electron chi connectivity index (χ4n) is 7.07. The molecule has 50 heavy (non-hydrogen) atoms. The fraction of sp³-hybridized carbons (Fsp3) is 0. The van der Waals surface area contributed by atoms with Crippen LogP contribution in [-0.4, -0.2) is 19.5 Å². The number of nitrogens with zero attached hydrogens (tertiary/aromatic N) is 4. The summed E-state index contributed by atoms with van der Waals surface area (Å²) in [6.45, 7) is 0. The smallest absolute Gasteiger partial charge is 0.164 e. The molecule has 10 rings (SSSR count). The number of aromatic nitrogens is 4. The highest BCUT2D eigenvalue weighted by molar-refractivity contribution is 6.13. The van der Waals surface area contributed by atoms with Gasteiger partial charge in [-0.2, -0.15) is 0 Å². The van der Waals surface area contributed by atoms with Gasteiger partial charge in [0, 0.05) is 38.2 Å². The lowest BCUT2D eigenvalue weighted by atomic mass is 10.0. The third kappa shape index (κ3) is 4.60. The molecular formula is C45H28N4O. The van der Waals surface area contributed by atoms with Crippen molar-refractivity contribution in [2.45, 2.75) is 0 Å². The van der Waals surface area contributed by atoms with E-state index in [1.807, 2.05) is 48.5 Å². The highest BCUT2D eigenvalue weighted by Gasteiger charge is 2.19. The van der Waals surface area contributed by atoms with E-state index in [0.717, 1.165) is 66.3 Å². The number of rotatable bonds is 5. The molecule has 0 unspecified atom stereocenters. The molecule has 0 atom stereocenters. The zero-order valence-electron chi connectivity index (χ0n) is 26.9. The van der Waals surface area contributed by atoms with E-state index in [0.29, 0.717) is 17.5 Å². The molecule has 7 aromatic carbocycles. The predicted molar refractivity (Wildman–Crippen MR) is 203 cm³/mol. The van der Waals surface area contributed by atoms with Crippen LogP contribution in [0.2, 0.25) is 0 Å². The first-order chi connectivity index (χ1) is 24.8. The molecule has 0 spiro atoms. The van der Waals surface area contributed by atoms with E-state index in [2.05, 4.69) is 126 Å². The summed E-state index contributed by atoms with van der Waals surface area (Å²) < 4.78 is 8.84. The first kappa shape index (κ1) is 28.2. The summed E-state index contributed by atoms with van der Waals surface area (Å²) in [5.74, 6) is 1.87. The van der Waals surface area contributed by atoms with Gasteiger partial charge in [0.25, 0.3) is 0 Å². The standard InChI is InChI=1S/C45H28N4O/c1-3-12-29(13-4-1)30-22-24-32(25-23-30)44-46-43(31-14-5-2-6-15-31)47-45(48-44)33-26-27-35-34-16-7-9-19-38(34)49(40(35)28-33)39-20-11-18-37-36-17-8-10-21-41(36)50-42(37)39/h1-28H. The van der Waals surface area contributed by atoms with Gasteiger partial charge in [-0.15, -0.1) is 0 Å². The van der Waals surface area contributed by atoms with Gasteiger partial charge < -0.3 is 8.98 Å². The van der Waals surface area contributed by atoms with Crippen LogP contribution in [0.3, 0.4) is 0 Å². The summed E-state index contributed by atoms with van der Waals surface area (Å²) in [5, 5.41) is 4.51. The zero-order valence-corrected chi connectivity index (χ0v) is 26.9. The Morgan fingerprint density at radius 1 is 0.360 bits per heavy atom. The van der Waals surface area contributed by atoms with Crippen LogP contribution >= 0.6 is 0 Å². The highest BCUT2D eigenvalue weighted by atomic mass is 16.3. The molecule has 0 aliphatic carbocycles. The predicted octanol–water partition coefficient (Wildman–Crippen LogP) is 11.5. The van der Waals surface area contributed by atoms with E-state index in [-0.39, 0.29) is 0 Å². The highest BCUT2D eigenvalue weighted by Crippen LogP contribution is 2.39. The van der Waals surface area contributed by atoms with Gasteiger partial charge >= 0.3 is 0 Å². The van der Waals surface area contributed by atoms with E-state index >= 15 is 0 Å². The van der Waals surface area contributed by atoms with Gasteiger partial charge in [0.1, 0.15) is 5.58 Å². The van der Waals surface area contributed by atoms with Gasteiger partial charge in [0.15, 0.2) is 23.1 Å². The Labute approximate surface area is 287 Å². The molecule has 0 bridgehead atoms. The number of para-hydroxylation sites is 3. The first-order valence-electron chi connectivity index (χ1n) is 16.7. The van der Waals surface area contributed by atoms with Crippen LogP contribution in [0.5, 0.6) is 0 Å². The van der Waals surface area contributed by atoms with Crippen LogP contribution in [0.1, 0.15) is 0 Å². The Balaban J connectivity index is 1.18. The Morgan fingerprint density at radius 3 is 1.64 bits per heavy atom. The molecule has 3 heterocycles. The Bertz CT molecular complexity index is 2850. The van der Waals surface area contributed by atoms with E-state index in [1.54, 1.807) is 0 Å². The van der Waals surface area contributed by atoms with Crippen molar-refractivity contribution in [3.63, 3.8) is 0 Å². The molecular weight excluding hydrogens is 613 g/mol. The fourth-order valence-corrected chi connectivity index (χ4v) is 7.07. The number of furan rings is 1. The molecule has 10 aromatic rings. The third-order valence-electron chi connectivity index (χ3n) is 9.47. The maximum absolute atomic E-state index is 6.53. The molecule has 0 aliphatic rings. The quantitative estimate of drug-likeness (QED) is 0.188. The Kier molecular flexibility index (Phi) is 6.42. The molecule has 234 valence electrons. The lowest BCUT2D eigenvalue weighted by Crippen LogP contribution is -2.00. The van der Waals surface area contributed by atoms with Gasteiger partial charge in [-0.3, -0.25) is 0 Å². The van der Waals surface area contributed by atoms with Crippen molar-refractivity contribution in [1.82, 2.24) is 19.5 Å². The van der Waals surface area contributed by atoms with Crippen molar-refractivity contribution >= 4 is 43.7 Å². The number of hydrogen-bond donors (Lipinski definition) is 0. The van der Waals surface area contributed by atoms with Crippen molar-refractivity contribution in [3.05, 3.63) is 170 Å². The minimum absolute atomic E-state index is 0.613. The second-order valence-electron chi connectivity index (χ2n) is 12.5. The third-order valence-corrected chi connectivity index (χ3v) is 9.47. The molecule has 0 saturated heterocycles. The number of benzene rings is 7. The Morgan fingerprint density at radius 2 is 0.880 bits per heavy atom. The van der Waals surface area contributed by atoms with Crippen molar-refractivity contribution < 1.29 is 4.42 Å². The van der Waals surface area contributed by atoms with E-state index < -0.39 is 0 Å². The molecule has 0 aliphatic heterocycles. The molecule has 0 radical (unpaired) electrons. The molecule has 0 saturated carbocycles. The topological polar surface area (TPSA) is 56.7 Å². The summed E-state index contributed by atoms with van der Waals surface area (Å²) >= 11 is 0. The first-order valence-corrected chi connectivity index (χ1v) is 16.7. The number of hydrogen-bond acceptors (Lipinski definition) is 4. The minimum Gasteiger partial charge on any atom is -0.454 e. The second kappa shape index (κ2) is 11.4. The summed E-state index contributed by atoms with van der Waals surface area (Å²) in [7, 11) is 0. The van der Waals surface area contributed by atoms with Gasteiger partial charge in [-0.05, 0) is 35.4 Å². The van der Waals surface area contributed by atoms with Crippen molar-refractivity contribution in [3.8, 4) is 51.0 Å². The average molecular weight is 641 g/mol. The summed E-state index contributed by atoms with van der Waals surface area (Å²) in [6, 6.07) is 58.5. The van der Waals surface area contributed by atoms with Crippen molar-refractivity contribution in [2.24, 2.45) is 0 Å². The molecule has 0 fully saturated rings. The average Bonchev–Trinajstić information content (AvgIpc) is 3.74. The van der Waals surface area contributed by atoms with Gasteiger partial charge in [0.05, 0.1) is 16.7 Å². The largest absolute Gasteiger partial charge is 0.454 e. The molecule has 0 N–H and O–H groups in total. The monoisotopic (exact) mass is 640 g/mol. The van der Waals surface area contributed by atoms with Crippen LogP contribution in [0, 0.1) is 0 Å². The lowest BCUT2D eigenvalue weighted by Gasteiger charge is -2.11. The molecule has 5 heteroatoms. The minimum atomic E-state index is 0.613. The number of fused-ring (bicyclic) bond motifs is 6. The van der Waals surface area contributed by atoms with Crippen molar-refractivity contribution in [1.29, 1.82) is 0 Å². The molecule has 0 amide bonds. The lowest BCUT2D eigenvalue weighted by molar-refractivity contribution is 0.666. The van der Waals surface area contributed by atoms with Crippen LogP contribution < -0.4 is 0 Å². The summed E-state index contributed by atoms with van der Waals surface area (Å²) in [6.07, 6.45) is 0. The zero-order chi connectivity index (χ0) is 33.0. The van der Waals surface area contributed by atoms with Crippen LogP contribution in [0.15, 0.2) is 174 Å². The Hall–Kier alpha value is -6.85. The van der Waals surface area contributed by atoms with Crippen molar-refractivity contribution in [2.75, 3.05) is 0 Å². The summed E-state index contributed by atoms with van der Waals surface area (Å²) in [5.41, 5.74) is 9.95. The van der Waals surface area contributed by atoms with E-state index in [4.69, 9.17) is 19.4 Å². The SMILES string of the molecule is c1ccc(-c2ccc(-c3nc(-c4ccccc4)nc(-c4ccc5c6ccccc6n(-c6cccc7c6oc6ccccc67)c5c4)n3)cc2)cc1. The van der Waals surface area contributed by atoms with Gasteiger partial charge in [-0.1, -0.05) is 146 Å². The maximum Gasteiger partial charge on any atom is 0.164 e. The second-order valence-corrected chi connectivity index (χ2v) is 12.5. The van der Waals surface area contributed by atoms with Gasteiger partial charge in [-0.25, -0.2) is 15.0 Å². The van der Waals surface area contributed by atoms with Crippen LogP contribution in [-0.2, 0) is 0 Å².